The molecule has 6 nitrogen and oxygen atoms in total. The first-order valence-electron chi connectivity index (χ1n) is 8.88. The zero-order valence-electron chi connectivity index (χ0n) is 15.2. The van der Waals surface area contributed by atoms with Crippen LogP contribution in [0.5, 0.6) is 0 Å². The maximum Gasteiger partial charge on any atom is 0.246 e. The summed E-state index contributed by atoms with van der Waals surface area (Å²) in [5, 5.41) is 2.74. The van der Waals surface area contributed by atoms with Gasteiger partial charge in [0.25, 0.3) is 0 Å². The van der Waals surface area contributed by atoms with Crippen molar-refractivity contribution < 1.29 is 14.3 Å². The van der Waals surface area contributed by atoms with E-state index in [0.29, 0.717) is 19.6 Å². The van der Waals surface area contributed by atoms with Gasteiger partial charge in [-0.05, 0) is 25.0 Å². The molecule has 0 saturated heterocycles. The zero-order chi connectivity index (χ0) is 18.2. The molecule has 0 radical (unpaired) electrons. The van der Waals surface area contributed by atoms with Gasteiger partial charge in [0, 0.05) is 30.7 Å². The van der Waals surface area contributed by atoms with Gasteiger partial charge in [-0.3, -0.25) is 9.59 Å². The van der Waals surface area contributed by atoms with Gasteiger partial charge >= 0.3 is 0 Å². The van der Waals surface area contributed by atoms with Crippen LogP contribution in [0.25, 0.3) is 0 Å². The monoisotopic (exact) mass is 345 g/mol. The molecule has 1 aromatic rings. The summed E-state index contributed by atoms with van der Waals surface area (Å²) in [4.78, 5) is 26.9. The van der Waals surface area contributed by atoms with Gasteiger partial charge in [-0.15, -0.1) is 0 Å². The Kier molecular flexibility index (Phi) is 4.60. The Bertz CT molecular complexity index is 688. The molecule has 1 heterocycles. The molecule has 2 aliphatic rings. The largest absolute Gasteiger partial charge is 0.378 e. The van der Waals surface area contributed by atoms with Gasteiger partial charge in [0.15, 0.2) is 0 Å². The van der Waals surface area contributed by atoms with E-state index in [4.69, 9.17) is 10.5 Å². The van der Waals surface area contributed by atoms with Gasteiger partial charge in [0.1, 0.15) is 5.54 Å². The number of amides is 2. The number of benzene rings is 1. The number of carbonyl (C=O) groups excluding carboxylic acids is 2. The molecule has 2 unspecified atom stereocenters. The van der Waals surface area contributed by atoms with Crippen molar-refractivity contribution in [2.24, 2.45) is 11.1 Å². The molecule has 1 aromatic carbocycles. The number of hydrogen-bond donors (Lipinski definition) is 2. The molecule has 3 N–H and O–H groups in total. The first-order chi connectivity index (χ1) is 11.8. The number of nitrogens with two attached hydrogens (primary N) is 1. The number of carbonyl (C=O) groups is 2. The summed E-state index contributed by atoms with van der Waals surface area (Å²) in [7, 11) is 0. The highest BCUT2D eigenvalue weighted by Gasteiger charge is 2.62. The molecule has 6 heteroatoms. The molecule has 2 amide bonds. The molecule has 3 rings (SSSR count). The second-order valence-electron chi connectivity index (χ2n) is 7.45. The van der Waals surface area contributed by atoms with Crippen LogP contribution in [0.15, 0.2) is 24.3 Å². The summed E-state index contributed by atoms with van der Waals surface area (Å²) in [5.41, 5.74) is 6.98. The van der Waals surface area contributed by atoms with Gasteiger partial charge < -0.3 is 20.7 Å². The third kappa shape index (κ3) is 2.83. The molecule has 1 aliphatic carbocycles. The lowest BCUT2D eigenvalue weighted by Crippen LogP contribution is -2.76. The zero-order valence-corrected chi connectivity index (χ0v) is 15.2. The van der Waals surface area contributed by atoms with E-state index in [1.807, 2.05) is 45.0 Å². The number of ether oxygens (including phenoxy) is 1. The van der Waals surface area contributed by atoms with Gasteiger partial charge in [-0.25, -0.2) is 0 Å². The maximum atomic E-state index is 12.6. The third-order valence-electron chi connectivity index (χ3n) is 5.82. The summed E-state index contributed by atoms with van der Waals surface area (Å²) in [6.45, 7) is 7.02. The minimum atomic E-state index is -1.00. The topological polar surface area (TPSA) is 84.7 Å². The number of rotatable bonds is 5. The Balaban J connectivity index is 1.59. The highest BCUT2D eigenvalue weighted by atomic mass is 16.5. The summed E-state index contributed by atoms with van der Waals surface area (Å²) >= 11 is 0. The second kappa shape index (κ2) is 6.42. The van der Waals surface area contributed by atoms with Crippen molar-refractivity contribution >= 4 is 17.5 Å². The Hall–Kier alpha value is -1.92. The standard InChI is InChI=1S/C19H27N3O3/c1-4-25-15-11-19(20,18(15,2)3)17(24)21-12-16(23)22-10-9-13-7-5-6-8-14(13)22/h5-8,15H,4,9-12,20H2,1-3H3,(H,21,24). The summed E-state index contributed by atoms with van der Waals surface area (Å²) < 4.78 is 5.65. The van der Waals surface area contributed by atoms with Crippen LogP contribution < -0.4 is 16.0 Å². The van der Waals surface area contributed by atoms with Crippen LogP contribution in [0.2, 0.25) is 0 Å². The van der Waals surface area contributed by atoms with E-state index in [9.17, 15) is 9.59 Å². The van der Waals surface area contributed by atoms with Gasteiger partial charge in [0.05, 0.1) is 12.6 Å². The van der Waals surface area contributed by atoms with E-state index < -0.39 is 11.0 Å². The first-order valence-corrected chi connectivity index (χ1v) is 8.88. The number of nitrogens with zero attached hydrogens (tertiary/aromatic N) is 1. The molecule has 0 bridgehead atoms. The smallest absolute Gasteiger partial charge is 0.246 e. The molecular formula is C19H27N3O3. The molecule has 0 spiro atoms. The first kappa shape index (κ1) is 17.9. The van der Waals surface area contributed by atoms with Crippen LogP contribution in [0.3, 0.4) is 0 Å². The number of anilines is 1. The van der Waals surface area contributed by atoms with Crippen LogP contribution >= 0.6 is 0 Å². The van der Waals surface area contributed by atoms with Crippen molar-refractivity contribution in [2.75, 3.05) is 24.6 Å². The molecular weight excluding hydrogens is 318 g/mol. The number of hydrogen-bond acceptors (Lipinski definition) is 4. The van der Waals surface area contributed by atoms with Crippen molar-refractivity contribution in [2.45, 2.75) is 45.3 Å². The Labute approximate surface area is 148 Å². The lowest BCUT2D eigenvalue weighted by Gasteiger charge is -2.57. The normalized spacial score (nSPS) is 26.7. The fourth-order valence-electron chi connectivity index (χ4n) is 3.83. The van der Waals surface area contributed by atoms with E-state index in [2.05, 4.69) is 5.32 Å². The molecule has 2 atom stereocenters. The average molecular weight is 345 g/mol. The van der Waals surface area contributed by atoms with Crippen molar-refractivity contribution in [3.05, 3.63) is 29.8 Å². The number of nitrogens with one attached hydrogen (secondary N) is 1. The van der Waals surface area contributed by atoms with Crippen LogP contribution in [0.1, 0.15) is 32.8 Å². The van der Waals surface area contributed by atoms with Crippen LogP contribution in [-0.4, -0.2) is 43.2 Å². The maximum absolute atomic E-state index is 12.6. The van der Waals surface area contributed by atoms with Crippen molar-refractivity contribution in [3.63, 3.8) is 0 Å². The lowest BCUT2D eigenvalue weighted by atomic mass is 9.54. The predicted octanol–water partition coefficient (Wildman–Crippen LogP) is 1.22. The van der Waals surface area contributed by atoms with E-state index in [0.717, 1.165) is 17.7 Å². The van der Waals surface area contributed by atoms with Gasteiger partial charge in [-0.1, -0.05) is 32.0 Å². The van der Waals surface area contributed by atoms with E-state index >= 15 is 0 Å². The van der Waals surface area contributed by atoms with Crippen molar-refractivity contribution in [1.29, 1.82) is 0 Å². The number of para-hydroxylation sites is 1. The second-order valence-corrected chi connectivity index (χ2v) is 7.45. The molecule has 0 aromatic heterocycles. The fraction of sp³-hybridized carbons (Fsp3) is 0.579. The fourth-order valence-corrected chi connectivity index (χ4v) is 3.83. The summed E-state index contributed by atoms with van der Waals surface area (Å²) in [6, 6.07) is 7.86. The predicted molar refractivity (Wildman–Crippen MR) is 96.2 cm³/mol. The average Bonchev–Trinajstić information content (AvgIpc) is 3.03. The minimum Gasteiger partial charge on any atom is -0.378 e. The van der Waals surface area contributed by atoms with Crippen molar-refractivity contribution in [1.82, 2.24) is 5.32 Å². The molecule has 1 aliphatic heterocycles. The number of fused-ring (bicyclic) bond motifs is 1. The quantitative estimate of drug-likeness (QED) is 0.840. The molecule has 136 valence electrons. The SMILES string of the molecule is CCOC1CC(N)(C(=O)NCC(=O)N2CCc3ccccc32)C1(C)C. The van der Waals surface area contributed by atoms with E-state index in [1.165, 1.54) is 0 Å². The Morgan fingerprint density at radius 1 is 1.36 bits per heavy atom. The van der Waals surface area contributed by atoms with Crippen LogP contribution in [-0.2, 0) is 20.7 Å². The summed E-state index contributed by atoms with van der Waals surface area (Å²) in [6.07, 6.45) is 1.29. The Morgan fingerprint density at radius 3 is 2.76 bits per heavy atom. The minimum absolute atomic E-state index is 0.0330. The molecule has 1 saturated carbocycles. The van der Waals surface area contributed by atoms with Crippen LogP contribution in [0, 0.1) is 5.41 Å². The van der Waals surface area contributed by atoms with Crippen LogP contribution in [0.4, 0.5) is 5.69 Å². The molecule has 25 heavy (non-hydrogen) atoms. The lowest BCUT2D eigenvalue weighted by molar-refractivity contribution is -0.170. The summed E-state index contributed by atoms with van der Waals surface area (Å²) in [5.74, 6) is -0.394. The van der Waals surface area contributed by atoms with Gasteiger partial charge in [-0.2, -0.15) is 0 Å². The Morgan fingerprint density at radius 2 is 2.08 bits per heavy atom. The van der Waals surface area contributed by atoms with E-state index in [1.54, 1.807) is 4.90 Å². The highest BCUT2D eigenvalue weighted by Crippen LogP contribution is 2.49. The molecule has 1 fully saturated rings. The third-order valence-corrected chi connectivity index (χ3v) is 5.82. The highest BCUT2D eigenvalue weighted by molar-refractivity contribution is 5.99. The van der Waals surface area contributed by atoms with Gasteiger partial charge in [0.2, 0.25) is 11.8 Å². The van der Waals surface area contributed by atoms with E-state index in [-0.39, 0.29) is 24.5 Å². The van der Waals surface area contributed by atoms with Crippen molar-refractivity contribution in [3.8, 4) is 0 Å².